The van der Waals surface area contributed by atoms with Gasteiger partial charge in [0, 0.05) is 6.54 Å². The summed E-state index contributed by atoms with van der Waals surface area (Å²) in [5.41, 5.74) is 0.795. The van der Waals surface area contributed by atoms with Crippen LogP contribution in [0.15, 0.2) is 36.7 Å². The number of nitrogens with zero attached hydrogens (tertiary/aromatic N) is 2. The summed E-state index contributed by atoms with van der Waals surface area (Å²) >= 11 is 0. The van der Waals surface area contributed by atoms with Crippen LogP contribution >= 0.6 is 0 Å². The second-order valence-electron chi connectivity index (χ2n) is 3.68. The summed E-state index contributed by atoms with van der Waals surface area (Å²) in [5, 5.41) is 12.1. The Morgan fingerprint density at radius 1 is 1.33 bits per heavy atom. The molecule has 0 bridgehead atoms. The molecule has 0 fully saturated rings. The van der Waals surface area contributed by atoms with Crippen molar-refractivity contribution >= 4 is 5.82 Å². The number of hydrogen-bond donors (Lipinski definition) is 2. The molecule has 0 radical (unpaired) electrons. The van der Waals surface area contributed by atoms with Gasteiger partial charge in [0.25, 0.3) is 0 Å². The monoisotopic (exact) mass is 245 g/mol. The average molecular weight is 245 g/mol. The van der Waals surface area contributed by atoms with Crippen LogP contribution in [-0.2, 0) is 6.61 Å². The molecule has 18 heavy (non-hydrogen) atoms. The van der Waals surface area contributed by atoms with E-state index in [0.717, 1.165) is 12.1 Å². The van der Waals surface area contributed by atoms with Crippen molar-refractivity contribution in [2.75, 3.05) is 11.9 Å². The van der Waals surface area contributed by atoms with Gasteiger partial charge in [0.1, 0.15) is 11.6 Å². The molecule has 2 rings (SSSR count). The van der Waals surface area contributed by atoms with Crippen LogP contribution in [0.4, 0.5) is 5.82 Å². The van der Waals surface area contributed by atoms with Crippen molar-refractivity contribution in [3.8, 4) is 11.6 Å². The highest BCUT2D eigenvalue weighted by atomic mass is 16.5. The standard InChI is InChI=1S/C13H15N3O2/c1-2-15-12-7-14-8-13(16-12)18-11-5-3-4-10(6-11)9-17/h3-8,17H,2,9H2,1H3,(H,15,16). The highest BCUT2D eigenvalue weighted by Crippen LogP contribution is 2.20. The molecule has 0 saturated heterocycles. The Hall–Kier alpha value is -2.14. The fourth-order valence-corrected chi connectivity index (χ4v) is 1.49. The molecular formula is C13H15N3O2. The Labute approximate surface area is 105 Å². The van der Waals surface area contributed by atoms with Gasteiger partial charge in [-0.1, -0.05) is 12.1 Å². The van der Waals surface area contributed by atoms with E-state index in [0.29, 0.717) is 17.4 Å². The molecule has 0 saturated carbocycles. The number of ether oxygens (including phenoxy) is 1. The SMILES string of the molecule is CCNc1cncc(Oc2cccc(CO)c2)n1. The lowest BCUT2D eigenvalue weighted by molar-refractivity contribution is 0.281. The van der Waals surface area contributed by atoms with Gasteiger partial charge in [-0.25, -0.2) is 0 Å². The first-order valence-electron chi connectivity index (χ1n) is 5.75. The van der Waals surface area contributed by atoms with Crippen molar-refractivity contribution in [3.63, 3.8) is 0 Å². The first-order chi connectivity index (χ1) is 8.81. The molecule has 2 N–H and O–H groups in total. The third kappa shape index (κ3) is 3.18. The number of aliphatic hydroxyl groups is 1. The molecule has 0 aliphatic carbocycles. The van der Waals surface area contributed by atoms with Crippen molar-refractivity contribution in [2.45, 2.75) is 13.5 Å². The molecule has 5 heteroatoms. The van der Waals surface area contributed by atoms with Crippen LogP contribution in [0, 0.1) is 0 Å². The van der Waals surface area contributed by atoms with E-state index in [2.05, 4.69) is 15.3 Å². The van der Waals surface area contributed by atoms with E-state index >= 15 is 0 Å². The van der Waals surface area contributed by atoms with Gasteiger partial charge >= 0.3 is 0 Å². The maximum atomic E-state index is 9.05. The predicted molar refractivity (Wildman–Crippen MR) is 68.6 cm³/mol. The van der Waals surface area contributed by atoms with Crippen LogP contribution in [-0.4, -0.2) is 21.6 Å². The van der Waals surface area contributed by atoms with Crippen molar-refractivity contribution < 1.29 is 9.84 Å². The summed E-state index contributed by atoms with van der Waals surface area (Å²) in [6.07, 6.45) is 3.19. The minimum atomic E-state index is -0.0136. The lowest BCUT2D eigenvalue weighted by Crippen LogP contribution is -2.00. The first-order valence-corrected chi connectivity index (χ1v) is 5.75. The molecule has 1 aromatic carbocycles. The van der Waals surface area contributed by atoms with Crippen molar-refractivity contribution in [3.05, 3.63) is 42.2 Å². The van der Waals surface area contributed by atoms with Crippen molar-refractivity contribution in [2.24, 2.45) is 0 Å². The normalized spacial score (nSPS) is 10.1. The summed E-state index contributed by atoms with van der Waals surface area (Å²) in [4.78, 5) is 8.30. The van der Waals surface area contributed by atoms with Crippen LogP contribution in [0.25, 0.3) is 0 Å². The van der Waals surface area contributed by atoms with Gasteiger partial charge in [-0.05, 0) is 24.6 Å². The van der Waals surface area contributed by atoms with E-state index < -0.39 is 0 Å². The number of hydrogen-bond acceptors (Lipinski definition) is 5. The molecule has 1 aromatic heterocycles. The number of aromatic nitrogens is 2. The molecule has 1 heterocycles. The Morgan fingerprint density at radius 3 is 3.00 bits per heavy atom. The Bertz CT molecular complexity index is 517. The molecule has 0 unspecified atom stereocenters. The molecule has 0 aliphatic rings. The van der Waals surface area contributed by atoms with Gasteiger partial charge in [-0.3, -0.25) is 4.98 Å². The summed E-state index contributed by atoms with van der Waals surface area (Å²) in [6.45, 7) is 2.75. The Balaban J connectivity index is 2.14. The lowest BCUT2D eigenvalue weighted by Gasteiger charge is -2.07. The van der Waals surface area contributed by atoms with Gasteiger partial charge in [0.15, 0.2) is 0 Å². The van der Waals surface area contributed by atoms with Gasteiger partial charge in [0.2, 0.25) is 5.88 Å². The number of anilines is 1. The predicted octanol–water partition coefficient (Wildman–Crippen LogP) is 2.19. The van der Waals surface area contributed by atoms with Crippen LogP contribution in [0.5, 0.6) is 11.6 Å². The highest BCUT2D eigenvalue weighted by molar-refractivity contribution is 5.35. The van der Waals surface area contributed by atoms with E-state index in [-0.39, 0.29) is 6.61 Å². The number of benzene rings is 1. The largest absolute Gasteiger partial charge is 0.437 e. The summed E-state index contributed by atoms with van der Waals surface area (Å²) in [7, 11) is 0. The fraction of sp³-hybridized carbons (Fsp3) is 0.231. The van der Waals surface area contributed by atoms with E-state index in [4.69, 9.17) is 9.84 Å². The van der Waals surface area contributed by atoms with Crippen molar-refractivity contribution in [1.29, 1.82) is 0 Å². The van der Waals surface area contributed by atoms with E-state index in [9.17, 15) is 0 Å². The van der Waals surface area contributed by atoms with Gasteiger partial charge in [-0.15, -0.1) is 0 Å². The second kappa shape index (κ2) is 5.97. The average Bonchev–Trinajstić information content (AvgIpc) is 2.40. The molecular weight excluding hydrogens is 230 g/mol. The summed E-state index contributed by atoms with van der Waals surface area (Å²) in [6, 6.07) is 7.22. The van der Waals surface area contributed by atoms with Gasteiger partial charge in [0.05, 0.1) is 19.0 Å². The molecule has 0 aliphatic heterocycles. The Kier molecular flexibility index (Phi) is 4.09. The smallest absolute Gasteiger partial charge is 0.239 e. The number of aliphatic hydroxyl groups excluding tert-OH is 1. The highest BCUT2D eigenvalue weighted by Gasteiger charge is 2.02. The molecule has 5 nitrogen and oxygen atoms in total. The molecule has 0 amide bonds. The quantitative estimate of drug-likeness (QED) is 0.845. The zero-order valence-corrected chi connectivity index (χ0v) is 10.1. The lowest BCUT2D eigenvalue weighted by atomic mass is 10.2. The van der Waals surface area contributed by atoms with Crippen LogP contribution in [0.1, 0.15) is 12.5 Å². The molecule has 2 aromatic rings. The van der Waals surface area contributed by atoms with Crippen LogP contribution in [0.3, 0.4) is 0 Å². The van der Waals surface area contributed by atoms with E-state index in [1.54, 1.807) is 24.5 Å². The van der Waals surface area contributed by atoms with Gasteiger partial charge < -0.3 is 15.2 Å². The van der Waals surface area contributed by atoms with E-state index in [1.165, 1.54) is 0 Å². The number of nitrogens with one attached hydrogen (secondary N) is 1. The van der Waals surface area contributed by atoms with Crippen LogP contribution in [0.2, 0.25) is 0 Å². The fourth-order valence-electron chi connectivity index (χ4n) is 1.49. The maximum absolute atomic E-state index is 9.05. The number of rotatable bonds is 5. The zero-order chi connectivity index (χ0) is 12.8. The third-order valence-corrected chi connectivity index (χ3v) is 2.27. The topological polar surface area (TPSA) is 67.3 Å². The molecule has 94 valence electrons. The van der Waals surface area contributed by atoms with Crippen LogP contribution < -0.4 is 10.1 Å². The van der Waals surface area contributed by atoms with E-state index in [1.807, 2.05) is 19.1 Å². The summed E-state index contributed by atoms with van der Waals surface area (Å²) < 4.78 is 5.58. The third-order valence-electron chi connectivity index (χ3n) is 2.27. The Morgan fingerprint density at radius 2 is 2.22 bits per heavy atom. The maximum Gasteiger partial charge on any atom is 0.239 e. The first kappa shape index (κ1) is 12.3. The summed E-state index contributed by atoms with van der Waals surface area (Å²) in [5.74, 6) is 1.72. The van der Waals surface area contributed by atoms with Crippen molar-refractivity contribution in [1.82, 2.24) is 9.97 Å². The zero-order valence-electron chi connectivity index (χ0n) is 10.1. The minimum absolute atomic E-state index is 0.0136. The van der Waals surface area contributed by atoms with Gasteiger partial charge in [-0.2, -0.15) is 4.98 Å². The molecule has 0 atom stereocenters. The minimum Gasteiger partial charge on any atom is -0.437 e. The molecule has 0 spiro atoms. The second-order valence-corrected chi connectivity index (χ2v) is 3.68.